The molecule has 0 aromatic rings. The zero-order valence-corrected chi connectivity index (χ0v) is 16.9. The number of carbonyl (C=O) groups is 1. The number of ether oxygens (including phenoxy) is 4. The first-order valence-electron chi connectivity index (χ1n) is 10.0. The van der Waals surface area contributed by atoms with Gasteiger partial charge in [0.2, 0.25) is 0 Å². The van der Waals surface area contributed by atoms with Gasteiger partial charge in [-0.1, -0.05) is 39.2 Å². The van der Waals surface area contributed by atoms with Gasteiger partial charge in [-0.3, -0.25) is 4.79 Å². The van der Waals surface area contributed by atoms with Crippen molar-refractivity contribution >= 4 is 5.78 Å². The van der Waals surface area contributed by atoms with Crippen LogP contribution in [0.1, 0.15) is 66.2 Å². The molecule has 0 amide bonds. The van der Waals surface area contributed by atoms with E-state index in [9.17, 15) is 4.79 Å². The molecule has 0 spiro atoms. The van der Waals surface area contributed by atoms with Crippen molar-refractivity contribution in [3.8, 4) is 0 Å². The minimum Gasteiger partial charge on any atom is -0.371 e. The predicted molar refractivity (Wildman–Crippen MR) is 101 cm³/mol. The van der Waals surface area contributed by atoms with E-state index in [1.165, 1.54) is 18.4 Å². The average Bonchev–Trinajstić information content (AvgIpc) is 3.43. The van der Waals surface area contributed by atoms with Gasteiger partial charge in [0.05, 0.1) is 26.4 Å². The van der Waals surface area contributed by atoms with Crippen LogP contribution < -0.4 is 0 Å². The van der Waals surface area contributed by atoms with Crippen molar-refractivity contribution in [1.29, 1.82) is 0 Å². The summed E-state index contributed by atoms with van der Waals surface area (Å²) in [6.45, 7) is 11.5. The van der Waals surface area contributed by atoms with Gasteiger partial charge in [0.1, 0.15) is 12.2 Å². The highest BCUT2D eigenvalue weighted by molar-refractivity contribution is 5.91. The highest BCUT2D eigenvalue weighted by Gasteiger charge is 2.27. The Morgan fingerprint density at radius 1 is 1.12 bits per heavy atom. The van der Waals surface area contributed by atoms with Crippen LogP contribution in [0.2, 0.25) is 0 Å². The number of rotatable bonds is 10. The van der Waals surface area contributed by atoms with E-state index in [4.69, 9.17) is 18.9 Å². The zero-order chi connectivity index (χ0) is 19.0. The van der Waals surface area contributed by atoms with Gasteiger partial charge < -0.3 is 18.9 Å². The lowest BCUT2D eigenvalue weighted by atomic mass is 9.77. The fourth-order valence-electron chi connectivity index (χ4n) is 3.20. The number of allylic oxidation sites excluding steroid dienone is 2. The van der Waals surface area contributed by atoms with Gasteiger partial charge in [-0.25, -0.2) is 0 Å². The molecule has 2 heterocycles. The van der Waals surface area contributed by atoms with E-state index < -0.39 is 0 Å². The lowest BCUT2D eigenvalue weighted by Crippen LogP contribution is -2.22. The second-order valence-corrected chi connectivity index (χ2v) is 8.48. The smallest absolute Gasteiger partial charge is 0.157 e. The number of hydrogen-bond donors (Lipinski definition) is 0. The fraction of sp³-hybridized carbons (Fsp3) is 0.857. The third kappa shape index (κ3) is 9.81. The molecule has 2 aliphatic heterocycles. The van der Waals surface area contributed by atoms with E-state index in [1.807, 2.05) is 6.92 Å². The van der Waals surface area contributed by atoms with Crippen molar-refractivity contribution in [3.05, 3.63) is 11.6 Å². The molecule has 0 bridgehead atoms. The molecule has 0 N–H and O–H groups in total. The maximum absolute atomic E-state index is 11.0. The first-order chi connectivity index (χ1) is 12.4. The molecule has 2 saturated heterocycles. The van der Waals surface area contributed by atoms with Crippen molar-refractivity contribution in [2.45, 2.75) is 84.7 Å². The van der Waals surface area contributed by atoms with Crippen LogP contribution in [-0.4, -0.2) is 50.7 Å². The molecule has 3 aliphatic rings. The van der Waals surface area contributed by atoms with Gasteiger partial charge in [-0.05, 0) is 37.7 Å². The van der Waals surface area contributed by atoms with Crippen LogP contribution in [0.4, 0.5) is 0 Å². The first kappa shape index (κ1) is 21.5. The summed E-state index contributed by atoms with van der Waals surface area (Å²) >= 11 is 0. The van der Waals surface area contributed by atoms with Crippen LogP contribution >= 0.6 is 0 Å². The van der Waals surface area contributed by atoms with Crippen molar-refractivity contribution < 1.29 is 23.7 Å². The average molecular weight is 369 g/mol. The summed E-state index contributed by atoms with van der Waals surface area (Å²) in [6.07, 6.45) is 8.72. The van der Waals surface area contributed by atoms with Crippen molar-refractivity contribution in [1.82, 2.24) is 0 Å². The maximum Gasteiger partial charge on any atom is 0.157 e. The van der Waals surface area contributed by atoms with E-state index in [0.29, 0.717) is 31.8 Å². The minimum atomic E-state index is -0.0695. The van der Waals surface area contributed by atoms with Gasteiger partial charge in [-0.15, -0.1) is 0 Å². The summed E-state index contributed by atoms with van der Waals surface area (Å²) in [4.78, 5) is 11.0. The molecule has 2 fully saturated rings. The standard InChI is InChI=1S/C12H22O4.C9H14O/c1-2-3-4-5-12(15-8-10-6-13-10)16-9-11-7-14-11;1-7-4-8(10)6-9(2,3)5-7/h10-12H,2-9H2,1H3;4H,5-6H2,1-3H3. The molecule has 0 radical (unpaired) electrons. The Morgan fingerprint density at radius 2 is 1.69 bits per heavy atom. The first-order valence-corrected chi connectivity index (χ1v) is 10.0. The summed E-state index contributed by atoms with van der Waals surface area (Å²) in [5, 5.41) is 0. The third-order valence-corrected chi connectivity index (χ3v) is 4.60. The van der Waals surface area contributed by atoms with E-state index in [2.05, 4.69) is 20.8 Å². The Bertz CT molecular complexity index is 447. The van der Waals surface area contributed by atoms with Gasteiger partial charge in [0, 0.05) is 6.42 Å². The molecular weight excluding hydrogens is 332 g/mol. The van der Waals surface area contributed by atoms with Crippen molar-refractivity contribution in [2.75, 3.05) is 26.4 Å². The molecule has 2 atom stereocenters. The number of epoxide rings is 2. The van der Waals surface area contributed by atoms with Crippen LogP contribution in [0, 0.1) is 5.41 Å². The van der Waals surface area contributed by atoms with Crippen LogP contribution in [-0.2, 0) is 23.7 Å². The molecule has 0 saturated carbocycles. The fourth-order valence-corrected chi connectivity index (χ4v) is 3.20. The third-order valence-electron chi connectivity index (χ3n) is 4.60. The van der Waals surface area contributed by atoms with Crippen LogP contribution in [0.3, 0.4) is 0 Å². The van der Waals surface area contributed by atoms with Gasteiger partial charge in [0.25, 0.3) is 0 Å². The Balaban J connectivity index is 0.000000209. The largest absolute Gasteiger partial charge is 0.371 e. The highest BCUT2D eigenvalue weighted by atomic mass is 16.7. The number of unbranched alkanes of at least 4 members (excludes halogenated alkanes) is 2. The Hall–Kier alpha value is -0.750. The summed E-state index contributed by atoms with van der Waals surface area (Å²) in [6, 6.07) is 0. The van der Waals surface area contributed by atoms with Crippen molar-refractivity contribution in [2.24, 2.45) is 5.41 Å². The predicted octanol–water partition coefficient (Wildman–Crippen LogP) is 4.05. The number of carbonyl (C=O) groups excluding carboxylic acids is 1. The zero-order valence-electron chi connectivity index (χ0n) is 16.9. The highest BCUT2D eigenvalue weighted by Crippen LogP contribution is 2.32. The van der Waals surface area contributed by atoms with E-state index in [0.717, 1.165) is 32.5 Å². The quantitative estimate of drug-likeness (QED) is 0.331. The number of hydrogen-bond acceptors (Lipinski definition) is 5. The summed E-state index contributed by atoms with van der Waals surface area (Å²) in [5.41, 5.74) is 1.43. The lowest BCUT2D eigenvalue weighted by Gasteiger charge is -2.27. The lowest BCUT2D eigenvalue weighted by molar-refractivity contribution is -0.151. The van der Waals surface area contributed by atoms with Crippen LogP contribution in [0.5, 0.6) is 0 Å². The van der Waals surface area contributed by atoms with Gasteiger partial charge in [-0.2, -0.15) is 0 Å². The summed E-state index contributed by atoms with van der Waals surface area (Å²) < 4.78 is 21.6. The van der Waals surface area contributed by atoms with Gasteiger partial charge >= 0.3 is 0 Å². The maximum atomic E-state index is 11.0. The van der Waals surface area contributed by atoms with Crippen LogP contribution in [0.15, 0.2) is 11.6 Å². The van der Waals surface area contributed by atoms with E-state index in [1.54, 1.807) is 6.08 Å². The minimum absolute atomic E-state index is 0.0695. The molecule has 150 valence electrons. The molecular formula is C21H36O5. The molecule has 0 aromatic carbocycles. The Kier molecular flexibility index (Phi) is 8.74. The summed E-state index contributed by atoms with van der Waals surface area (Å²) in [5.74, 6) is 0.286. The van der Waals surface area contributed by atoms with Crippen LogP contribution in [0.25, 0.3) is 0 Å². The molecule has 2 unspecified atom stereocenters. The normalized spacial score (nSPS) is 27.2. The molecule has 5 heteroatoms. The molecule has 3 rings (SSSR count). The Morgan fingerprint density at radius 3 is 2.12 bits per heavy atom. The van der Waals surface area contributed by atoms with Crippen molar-refractivity contribution in [3.63, 3.8) is 0 Å². The van der Waals surface area contributed by atoms with E-state index in [-0.39, 0.29) is 17.5 Å². The summed E-state index contributed by atoms with van der Waals surface area (Å²) in [7, 11) is 0. The SMILES string of the molecule is CC1=CC(=O)CC(C)(C)C1.CCCCCC(OCC1CO1)OCC1CO1. The topological polar surface area (TPSA) is 60.6 Å². The number of ketones is 1. The molecule has 0 aromatic heterocycles. The second kappa shape index (κ2) is 10.5. The molecule has 5 nitrogen and oxygen atoms in total. The Labute approximate surface area is 158 Å². The molecule has 1 aliphatic carbocycles. The molecule has 26 heavy (non-hydrogen) atoms. The second-order valence-electron chi connectivity index (χ2n) is 8.48. The monoisotopic (exact) mass is 368 g/mol. The van der Waals surface area contributed by atoms with Gasteiger partial charge in [0.15, 0.2) is 12.1 Å². The van der Waals surface area contributed by atoms with E-state index >= 15 is 0 Å².